The summed E-state index contributed by atoms with van der Waals surface area (Å²) in [7, 11) is 0. The first-order valence-corrected chi connectivity index (χ1v) is 9.38. The first kappa shape index (κ1) is 19.2. The fourth-order valence-electron chi connectivity index (χ4n) is 2.92. The highest BCUT2D eigenvalue weighted by Gasteiger charge is 2.19. The highest BCUT2D eigenvalue weighted by molar-refractivity contribution is 6.32. The van der Waals surface area contributed by atoms with Gasteiger partial charge in [-0.05, 0) is 37.1 Å². The van der Waals surface area contributed by atoms with Gasteiger partial charge in [-0.2, -0.15) is 0 Å². The molecule has 1 fully saturated rings. The number of amides is 2. The van der Waals surface area contributed by atoms with Gasteiger partial charge in [0.05, 0.1) is 11.6 Å². The second-order valence-electron chi connectivity index (χ2n) is 6.47. The molecule has 0 bridgehead atoms. The molecule has 1 N–H and O–H groups in total. The molecule has 0 unspecified atom stereocenters. The molecule has 0 aliphatic carbocycles. The van der Waals surface area contributed by atoms with Gasteiger partial charge in [0, 0.05) is 36.6 Å². The highest BCUT2D eigenvalue weighted by atomic mass is 35.5. The van der Waals surface area contributed by atoms with E-state index in [9.17, 15) is 9.59 Å². The van der Waals surface area contributed by atoms with Crippen LogP contribution in [-0.4, -0.2) is 34.8 Å². The van der Waals surface area contributed by atoms with Gasteiger partial charge in [0.1, 0.15) is 12.4 Å². The van der Waals surface area contributed by atoms with Crippen molar-refractivity contribution in [2.45, 2.75) is 32.3 Å². The zero-order valence-electron chi connectivity index (χ0n) is 15.0. The summed E-state index contributed by atoms with van der Waals surface area (Å²) in [6, 6.07) is 8.84. The van der Waals surface area contributed by atoms with E-state index in [2.05, 4.69) is 10.3 Å². The Morgan fingerprint density at radius 1 is 1.26 bits per heavy atom. The van der Waals surface area contributed by atoms with Gasteiger partial charge in [0.25, 0.3) is 0 Å². The van der Waals surface area contributed by atoms with Gasteiger partial charge in [-0.25, -0.2) is 0 Å². The zero-order chi connectivity index (χ0) is 19.1. The number of halogens is 1. The van der Waals surface area contributed by atoms with Crippen molar-refractivity contribution in [2.75, 3.05) is 18.4 Å². The largest absolute Gasteiger partial charge is 0.487 e. The maximum atomic E-state index is 12.3. The standard InChI is InChI=1S/C20H22ClN3O3/c21-17-11-16(7-8-18(17)27-14-15-5-4-9-22-12-15)23-19(25)13-24-10-3-1-2-6-20(24)26/h4-5,7-9,11-12H,1-3,6,10,13-14H2,(H,23,25). The summed E-state index contributed by atoms with van der Waals surface area (Å²) in [5.41, 5.74) is 1.51. The molecule has 0 radical (unpaired) electrons. The van der Waals surface area contributed by atoms with Crippen molar-refractivity contribution < 1.29 is 14.3 Å². The van der Waals surface area contributed by atoms with E-state index in [0.717, 1.165) is 24.8 Å². The van der Waals surface area contributed by atoms with Crippen molar-refractivity contribution in [1.29, 1.82) is 0 Å². The number of anilines is 1. The van der Waals surface area contributed by atoms with Crippen LogP contribution in [0.25, 0.3) is 0 Å². The molecule has 1 aliphatic heterocycles. The number of likely N-dealkylation sites (tertiary alicyclic amines) is 1. The molecule has 3 rings (SSSR count). The molecule has 1 aromatic heterocycles. The highest BCUT2D eigenvalue weighted by Crippen LogP contribution is 2.28. The summed E-state index contributed by atoms with van der Waals surface area (Å²) >= 11 is 6.26. The molecule has 0 spiro atoms. The number of carbonyl (C=O) groups excluding carboxylic acids is 2. The number of nitrogens with zero attached hydrogens (tertiary/aromatic N) is 2. The number of hydrogen-bond acceptors (Lipinski definition) is 4. The second kappa shape index (κ2) is 9.37. The smallest absolute Gasteiger partial charge is 0.243 e. The fraction of sp³-hybridized carbons (Fsp3) is 0.350. The summed E-state index contributed by atoms with van der Waals surface area (Å²) < 4.78 is 5.69. The summed E-state index contributed by atoms with van der Waals surface area (Å²) in [5.74, 6) is 0.339. The van der Waals surface area contributed by atoms with Crippen molar-refractivity contribution in [3.8, 4) is 5.75 Å². The molecule has 1 saturated heterocycles. The fourth-order valence-corrected chi connectivity index (χ4v) is 3.15. The number of pyridine rings is 1. The van der Waals surface area contributed by atoms with Crippen LogP contribution in [0.4, 0.5) is 5.69 Å². The van der Waals surface area contributed by atoms with Crippen LogP contribution in [0.5, 0.6) is 5.75 Å². The van der Waals surface area contributed by atoms with Crippen LogP contribution in [0.15, 0.2) is 42.7 Å². The molecule has 2 heterocycles. The van der Waals surface area contributed by atoms with E-state index in [1.807, 2.05) is 12.1 Å². The Kier molecular flexibility index (Phi) is 6.65. The lowest BCUT2D eigenvalue weighted by Crippen LogP contribution is -2.37. The van der Waals surface area contributed by atoms with Gasteiger partial charge in [-0.3, -0.25) is 14.6 Å². The van der Waals surface area contributed by atoms with E-state index in [0.29, 0.717) is 36.0 Å². The third-order valence-corrected chi connectivity index (χ3v) is 4.63. The van der Waals surface area contributed by atoms with Gasteiger partial charge in [0.2, 0.25) is 11.8 Å². The van der Waals surface area contributed by atoms with Crippen molar-refractivity contribution in [1.82, 2.24) is 9.88 Å². The molecular formula is C20H22ClN3O3. The summed E-state index contributed by atoms with van der Waals surface area (Å²) in [4.78, 5) is 29.9. The Morgan fingerprint density at radius 3 is 2.93 bits per heavy atom. The van der Waals surface area contributed by atoms with Gasteiger partial charge >= 0.3 is 0 Å². The predicted octanol–water partition coefficient (Wildman–Crippen LogP) is 3.66. The molecule has 1 aliphatic rings. The van der Waals surface area contributed by atoms with Crippen molar-refractivity contribution in [2.24, 2.45) is 0 Å². The lowest BCUT2D eigenvalue weighted by Gasteiger charge is -2.20. The number of carbonyl (C=O) groups is 2. The number of nitrogens with one attached hydrogen (secondary N) is 1. The first-order chi connectivity index (χ1) is 13.1. The molecule has 0 atom stereocenters. The van der Waals surface area contributed by atoms with Gasteiger partial charge < -0.3 is 15.0 Å². The van der Waals surface area contributed by atoms with Crippen molar-refractivity contribution in [3.63, 3.8) is 0 Å². The summed E-state index contributed by atoms with van der Waals surface area (Å²) in [6.45, 7) is 1.06. The third kappa shape index (κ3) is 5.69. The Morgan fingerprint density at radius 2 is 2.15 bits per heavy atom. The Bertz CT molecular complexity index is 798. The minimum atomic E-state index is -0.231. The van der Waals surface area contributed by atoms with E-state index in [1.165, 1.54) is 0 Å². The molecule has 2 aromatic rings. The van der Waals surface area contributed by atoms with E-state index in [1.54, 1.807) is 35.5 Å². The van der Waals surface area contributed by atoms with E-state index in [-0.39, 0.29) is 18.4 Å². The molecule has 1 aromatic carbocycles. The average Bonchev–Trinajstić information content (AvgIpc) is 2.86. The number of ether oxygens (including phenoxy) is 1. The number of rotatable bonds is 6. The molecule has 6 nitrogen and oxygen atoms in total. The molecular weight excluding hydrogens is 366 g/mol. The maximum absolute atomic E-state index is 12.3. The van der Waals surface area contributed by atoms with E-state index < -0.39 is 0 Å². The van der Waals surface area contributed by atoms with Crippen LogP contribution >= 0.6 is 11.6 Å². The number of hydrogen-bond donors (Lipinski definition) is 1. The third-order valence-electron chi connectivity index (χ3n) is 4.34. The predicted molar refractivity (Wildman–Crippen MR) is 104 cm³/mol. The lowest BCUT2D eigenvalue weighted by molar-refractivity contribution is -0.134. The average molecular weight is 388 g/mol. The van der Waals surface area contributed by atoms with Crippen LogP contribution in [0.1, 0.15) is 31.2 Å². The lowest BCUT2D eigenvalue weighted by atomic mass is 10.2. The van der Waals surface area contributed by atoms with Crippen LogP contribution in [0.2, 0.25) is 5.02 Å². The number of aromatic nitrogens is 1. The van der Waals surface area contributed by atoms with Crippen molar-refractivity contribution >= 4 is 29.1 Å². The molecule has 0 saturated carbocycles. The van der Waals surface area contributed by atoms with Gasteiger partial charge in [0.15, 0.2) is 0 Å². The SMILES string of the molecule is O=C(CN1CCCCCC1=O)Nc1ccc(OCc2cccnc2)c(Cl)c1. The first-order valence-electron chi connectivity index (χ1n) is 9.01. The van der Waals surface area contributed by atoms with Crippen LogP contribution < -0.4 is 10.1 Å². The summed E-state index contributed by atoms with van der Waals surface area (Å²) in [5, 5.41) is 3.19. The Hall–Kier alpha value is -2.60. The molecule has 2 amide bonds. The minimum absolute atomic E-state index is 0.0415. The van der Waals surface area contributed by atoms with Gasteiger partial charge in [-0.1, -0.05) is 24.1 Å². The topological polar surface area (TPSA) is 71.5 Å². The quantitative estimate of drug-likeness (QED) is 0.821. The molecule has 142 valence electrons. The van der Waals surface area contributed by atoms with E-state index >= 15 is 0 Å². The number of benzene rings is 1. The summed E-state index contributed by atoms with van der Waals surface area (Å²) in [6.07, 6.45) is 6.81. The monoisotopic (exact) mass is 387 g/mol. The van der Waals surface area contributed by atoms with Crippen LogP contribution in [0, 0.1) is 0 Å². The van der Waals surface area contributed by atoms with E-state index in [4.69, 9.17) is 16.3 Å². The van der Waals surface area contributed by atoms with Crippen molar-refractivity contribution in [3.05, 3.63) is 53.3 Å². The van der Waals surface area contributed by atoms with Crippen LogP contribution in [-0.2, 0) is 16.2 Å². The second-order valence-corrected chi connectivity index (χ2v) is 6.88. The van der Waals surface area contributed by atoms with Gasteiger partial charge in [-0.15, -0.1) is 0 Å². The Balaban J connectivity index is 1.55. The van der Waals surface area contributed by atoms with Crippen LogP contribution in [0.3, 0.4) is 0 Å². The molecule has 7 heteroatoms. The Labute approximate surface area is 163 Å². The minimum Gasteiger partial charge on any atom is -0.487 e. The zero-order valence-corrected chi connectivity index (χ0v) is 15.7. The normalized spacial score (nSPS) is 14.6. The maximum Gasteiger partial charge on any atom is 0.243 e. The molecule has 27 heavy (non-hydrogen) atoms.